The minimum Gasteiger partial charge on any atom is -0.492 e. The lowest BCUT2D eigenvalue weighted by Gasteiger charge is -2.18. The zero-order valence-electron chi connectivity index (χ0n) is 23.4. The van der Waals surface area contributed by atoms with Crippen molar-refractivity contribution in [1.82, 2.24) is 9.47 Å². The van der Waals surface area contributed by atoms with Gasteiger partial charge in [0.15, 0.2) is 0 Å². The van der Waals surface area contributed by atoms with Gasteiger partial charge < -0.3 is 20.1 Å². The van der Waals surface area contributed by atoms with Crippen LogP contribution < -0.4 is 20.5 Å². The molecule has 0 saturated carbocycles. The summed E-state index contributed by atoms with van der Waals surface area (Å²) in [5.41, 5.74) is 3.53. The summed E-state index contributed by atoms with van der Waals surface area (Å²) in [7, 11) is 0. The molecule has 2 fully saturated rings. The van der Waals surface area contributed by atoms with Crippen molar-refractivity contribution < 1.29 is 14.6 Å². The van der Waals surface area contributed by atoms with E-state index in [0.29, 0.717) is 41.2 Å². The molecule has 0 aliphatic carbocycles. The number of anilines is 2. The van der Waals surface area contributed by atoms with E-state index in [4.69, 9.17) is 4.74 Å². The van der Waals surface area contributed by atoms with Crippen LogP contribution >= 0.6 is 0 Å². The van der Waals surface area contributed by atoms with Crippen LogP contribution in [0.4, 0.5) is 11.4 Å². The molecule has 1 amide bonds. The highest BCUT2D eigenvalue weighted by Gasteiger charge is 2.21. The van der Waals surface area contributed by atoms with Gasteiger partial charge in [-0.3, -0.25) is 19.1 Å². The molecule has 2 saturated heterocycles. The van der Waals surface area contributed by atoms with Gasteiger partial charge in [0, 0.05) is 42.8 Å². The number of nitrogens with zero attached hydrogens (tertiary/aromatic N) is 3. The molecule has 1 atom stereocenters. The molecule has 1 unspecified atom stereocenters. The quantitative estimate of drug-likeness (QED) is 0.332. The smallest absolute Gasteiger partial charge is 0.263 e. The number of benzene rings is 3. The van der Waals surface area contributed by atoms with Crippen molar-refractivity contribution in [2.45, 2.75) is 32.3 Å². The predicted octanol–water partition coefficient (Wildman–Crippen LogP) is 4.60. The Morgan fingerprint density at radius 1 is 1.02 bits per heavy atom. The van der Waals surface area contributed by atoms with Crippen LogP contribution in [-0.2, 0) is 0 Å². The van der Waals surface area contributed by atoms with Crippen molar-refractivity contribution in [3.05, 3.63) is 94.4 Å². The van der Waals surface area contributed by atoms with Crippen LogP contribution in [-0.4, -0.2) is 65.9 Å². The first-order valence-electron chi connectivity index (χ1n) is 14.4. The van der Waals surface area contributed by atoms with Crippen molar-refractivity contribution in [3.8, 4) is 11.4 Å². The maximum absolute atomic E-state index is 13.6. The normalized spacial score (nSPS) is 17.3. The van der Waals surface area contributed by atoms with E-state index < -0.39 is 0 Å². The number of aromatic nitrogens is 1. The number of hydrogen-bond donors (Lipinski definition) is 2. The molecule has 0 bridgehead atoms. The number of fused-ring (bicyclic) bond motifs is 1. The summed E-state index contributed by atoms with van der Waals surface area (Å²) in [6.45, 7) is 7.01. The third-order valence-corrected chi connectivity index (χ3v) is 8.12. The zero-order valence-corrected chi connectivity index (χ0v) is 23.4. The van der Waals surface area contributed by atoms with E-state index in [2.05, 4.69) is 15.1 Å². The Kier molecular flexibility index (Phi) is 7.76. The second-order valence-corrected chi connectivity index (χ2v) is 11.0. The van der Waals surface area contributed by atoms with Gasteiger partial charge in [-0.05, 0) is 98.8 Å². The summed E-state index contributed by atoms with van der Waals surface area (Å²) in [5, 5.41) is 14.3. The highest BCUT2D eigenvalue weighted by molar-refractivity contribution is 6.05. The highest BCUT2D eigenvalue weighted by atomic mass is 16.5. The lowest BCUT2D eigenvalue weighted by Crippen LogP contribution is -2.25. The molecule has 8 nitrogen and oxygen atoms in total. The molecular formula is C33H36N4O4. The summed E-state index contributed by atoms with van der Waals surface area (Å²) in [6.07, 6.45) is 4.66. The van der Waals surface area contributed by atoms with E-state index in [9.17, 15) is 14.7 Å². The topological polar surface area (TPSA) is 87.0 Å². The fourth-order valence-corrected chi connectivity index (χ4v) is 5.77. The molecular weight excluding hydrogens is 516 g/mol. The van der Waals surface area contributed by atoms with E-state index in [0.717, 1.165) is 49.2 Å². The Morgan fingerprint density at radius 2 is 1.88 bits per heavy atom. The Balaban J connectivity index is 1.21. The fraction of sp³-hybridized carbons (Fsp3) is 0.333. The van der Waals surface area contributed by atoms with E-state index >= 15 is 0 Å². The van der Waals surface area contributed by atoms with Gasteiger partial charge in [-0.15, -0.1) is 0 Å². The lowest BCUT2D eigenvalue weighted by atomic mass is 10.1. The Labute approximate surface area is 239 Å². The van der Waals surface area contributed by atoms with Gasteiger partial charge in [-0.1, -0.05) is 18.2 Å². The number of aryl methyl sites for hydroxylation is 1. The molecule has 4 aromatic rings. The molecule has 0 radical (unpaired) electrons. The average molecular weight is 553 g/mol. The summed E-state index contributed by atoms with van der Waals surface area (Å²) >= 11 is 0. The standard InChI is InChI=1S/C33H36N4O4/c1-23-7-9-26(34-32(39)25-5-4-6-27(19-25)36-15-12-28(38)22-36)20-31(23)37-16-11-24-8-10-29(21-30(24)33(37)40)41-18-17-35-13-2-3-14-35/h4-11,16,19-21,28,38H,2-3,12-15,17-18,22H2,1H3,(H,34,39). The predicted molar refractivity (Wildman–Crippen MR) is 163 cm³/mol. The van der Waals surface area contributed by atoms with E-state index in [1.807, 2.05) is 67.6 Å². The molecule has 3 heterocycles. The fourth-order valence-electron chi connectivity index (χ4n) is 5.77. The van der Waals surface area contributed by atoms with Gasteiger partial charge in [0.2, 0.25) is 0 Å². The van der Waals surface area contributed by atoms with Crippen LogP contribution in [0.15, 0.2) is 77.7 Å². The van der Waals surface area contributed by atoms with E-state index in [-0.39, 0.29) is 17.6 Å². The SMILES string of the molecule is Cc1ccc(NC(=O)c2cccc(N3CCC(O)C3)c2)cc1-n1ccc2ccc(OCCN3CCCC3)cc2c1=O. The second kappa shape index (κ2) is 11.8. The van der Waals surface area contributed by atoms with Crippen molar-refractivity contribution in [3.63, 3.8) is 0 Å². The zero-order chi connectivity index (χ0) is 28.3. The number of carbonyl (C=O) groups excluding carboxylic acids is 1. The maximum atomic E-state index is 13.6. The molecule has 2 N–H and O–H groups in total. The number of carbonyl (C=O) groups is 1. The van der Waals surface area contributed by atoms with Crippen LogP contribution in [0, 0.1) is 6.92 Å². The van der Waals surface area contributed by atoms with Crippen molar-refractivity contribution in [1.29, 1.82) is 0 Å². The number of likely N-dealkylation sites (tertiary alicyclic amines) is 1. The monoisotopic (exact) mass is 552 g/mol. The number of ether oxygens (including phenoxy) is 1. The van der Waals surface area contributed by atoms with Crippen molar-refractivity contribution in [2.24, 2.45) is 0 Å². The summed E-state index contributed by atoms with van der Waals surface area (Å²) < 4.78 is 7.62. The number of aliphatic hydroxyl groups is 1. The molecule has 212 valence electrons. The molecule has 1 aromatic heterocycles. The van der Waals surface area contributed by atoms with Crippen LogP contribution in [0.3, 0.4) is 0 Å². The molecule has 0 spiro atoms. The Morgan fingerprint density at radius 3 is 2.68 bits per heavy atom. The van der Waals surface area contributed by atoms with Crippen LogP contribution in [0.25, 0.3) is 16.5 Å². The summed E-state index contributed by atoms with van der Waals surface area (Å²) in [5.74, 6) is 0.456. The van der Waals surface area contributed by atoms with Gasteiger partial charge >= 0.3 is 0 Å². The third-order valence-electron chi connectivity index (χ3n) is 8.12. The van der Waals surface area contributed by atoms with Crippen LogP contribution in [0.2, 0.25) is 0 Å². The average Bonchev–Trinajstić information content (AvgIpc) is 3.67. The summed E-state index contributed by atoms with van der Waals surface area (Å²) in [4.78, 5) is 31.3. The summed E-state index contributed by atoms with van der Waals surface area (Å²) in [6, 6.07) is 20.6. The molecule has 8 heteroatoms. The van der Waals surface area contributed by atoms with E-state index in [1.54, 1.807) is 16.8 Å². The largest absolute Gasteiger partial charge is 0.492 e. The number of aliphatic hydroxyl groups excluding tert-OH is 1. The number of amides is 1. The van der Waals surface area contributed by atoms with Crippen LogP contribution in [0.1, 0.15) is 35.2 Å². The molecule has 2 aliphatic heterocycles. The first kappa shape index (κ1) is 27.1. The first-order valence-corrected chi connectivity index (χ1v) is 14.4. The number of β-amino-alcohol motifs (C(OH)–C–C–N with tert-alkyl or cyclic N) is 1. The van der Waals surface area contributed by atoms with E-state index in [1.165, 1.54) is 12.8 Å². The number of pyridine rings is 1. The number of rotatable bonds is 8. The van der Waals surface area contributed by atoms with Gasteiger partial charge in [0.1, 0.15) is 12.4 Å². The molecule has 41 heavy (non-hydrogen) atoms. The molecule has 2 aliphatic rings. The third kappa shape index (κ3) is 5.99. The maximum Gasteiger partial charge on any atom is 0.263 e. The van der Waals surface area contributed by atoms with Gasteiger partial charge in [0.05, 0.1) is 17.2 Å². The number of hydrogen-bond acceptors (Lipinski definition) is 6. The minimum atomic E-state index is -0.337. The Hall–Kier alpha value is -4.14. The lowest BCUT2D eigenvalue weighted by molar-refractivity contribution is 0.102. The highest BCUT2D eigenvalue weighted by Crippen LogP contribution is 2.25. The molecule has 6 rings (SSSR count). The molecule has 3 aromatic carbocycles. The number of nitrogens with one attached hydrogen (secondary N) is 1. The minimum absolute atomic E-state index is 0.139. The van der Waals surface area contributed by atoms with Crippen molar-refractivity contribution in [2.75, 3.05) is 49.5 Å². The second-order valence-electron chi connectivity index (χ2n) is 11.0. The van der Waals surface area contributed by atoms with Gasteiger partial charge in [-0.25, -0.2) is 0 Å². The van der Waals surface area contributed by atoms with Crippen molar-refractivity contribution >= 4 is 28.1 Å². The Bertz CT molecular complexity index is 1630. The van der Waals surface area contributed by atoms with Gasteiger partial charge in [-0.2, -0.15) is 0 Å². The van der Waals surface area contributed by atoms with Crippen LogP contribution in [0.5, 0.6) is 5.75 Å². The van der Waals surface area contributed by atoms with Gasteiger partial charge in [0.25, 0.3) is 11.5 Å². The first-order chi connectivity index (χ1) is 19.9.